The van der Waals surface area contributed by atoms with Gasteiger partial charge in [0.25, 0.3) is 5.91 Å². The Morgan fingerprint density at radius 1 is 0.938 bits per heavy atom. The molecular weight excluding hydrogens is 618 g/mol. The molecule has 5 rings (SSSR count). The van der Waals surface area contributed by atoms with E-state index in [1.165, 1.54) is 32.3 Å². The number of aliphatic carboxylic acids is 1. The Morgan fingerprint density at radius 2 is 1.60 bits per heavy atom. The van der Waals surface area contributed by atoms with E-state index in [4.69, 9.17) is 14.2 Å². The van der Waals surface area contributed by atoms with Gasteiger partial charge in [-0.05, 0) is 84.6 Å². The van der Waals surface area contributed by atoms with Gasteiger partial charge in [0.05, 0.1) is 25.3 Å². The van der Waals surface area contributed by atoms with Crippen LogP contribution in [0.2, 0.25) is 0 Å². The zero-order valence-corrected chi connectivity index (χ0v) is 27.8. The van der Waals surface area contributed by atoms with Crippen LogP contribution in [0.5, 0.6) is 17.2 Å². The van der Waals surface area contributed by atoms with E-state index in [1.54, 1.807) is 27.2 Å². The van der Waals surface area contributed by atoms with Crippen molar-refractivity contribution in [2.75, 3.05) is 27.3 Å². The molecule has 2 atom stereocenters. The van der Waals surface area contributed by atoms with E-state index in [2.05, 4.69) is 10.2 Å². The number of ether oxygens (including phenoxy) is 3. The molecule has 1 aliphatic rings. The van der Waals surface area contributed by atoms with Gasteiger partial charge >= 0.3 is 5.97 Å². The van der Waals surface area contributed by atoms with Crippen LogP contribution in [0.25, 0.3) is 21.9 Å². The Kier molecular flexibility index (Phi) is 11.2. The van der Waals surface area contributed by atoms with Crippen molar-refractivity contribution < 1.29 is 37.7 Å². The monoisotopic (exact) mass is 660 g/mol. The summed E-state index contributed by atoms with van der Waals surface area (Å²) in [6, 6.07) is 16.3. The van der Waals surface area contributed by atoms with Crippen LogP contribution in [0.1, 0.15) is 59.7 Å². The van der Waals surface area contributed by atoms with Gasteiger partial charge < -0.3 is 24.6 Å². The number of benzene rings is 4. The molecule has 1 saturated heterocycles. The molecule has 1 amide bonds. The highest BCUT2D eigenvalue weighted by atomic mass is 19.1. The summed E-state index contributed by atoms with van der Waals surface area (Å²) in [7, 11) is 3.26. The second kappa shape index (κ2) is 15.5. The topological polar surface area (TPSA) is 97.3 Å². The number of methoxy groups -OCH3 is 2. The van der Waals surface area contributed by atoms with Crippen molar-refractivity contribution in [2.24, 2.45) is 0 Å². The number of fused-ring (bicyclic) bond motifs is 1. The first-order valence-electron chi connectivity index (χ1n) is 16.3. The summed E-state index contributed by atoms with van der Waals surface area (Å²) in [5, 5.41) is 14.2. The second-order valence-corrected chi connectivity index (χ2v) is 12.1. The molecule has 0 aromatic heterocycles. The molecule has 0 aliphatic carbocycles. The number of carboxylic acid groups (broad SMARTS) is 1. The maximum Gasteiger partial charge on any atom is 0.326 e. The first-order chi connectivity index (χ1) is 23.1. The van der Waals surface area contributed by atoms with Crippen molar-refractivity contribution in [3.8, 4) is 28.4 Å². The smallest absolute Gasteiger partial charge is 0.326 e. The van der Waals surface area contributed by atoms with Crippen LogP contribution >= 0.6 is 0 Å². The molecule has 0 saturated carbocycles. The number of likely N-dealkylation sites (tertiary alicyclic amines) is 1. The molecule has 4 aromatic carbocycles. The number of hydrogen-bond acceptors (Lipinski definition) is 6. The van der Waals surface area contributed by atoms with Gasteiger partial charge in [-0.25, -0.2) is 13.6 Å². The first kappa shape index (κ1) is 34.6. The summed E-state index contributed by atoms with van der Waals surface area (Å²) >= 11 is 0. The van der Waals surface area contributed by atoms with Crippen LogP contribution in [0.15, 0.2) is 60.7 Å². The maximum absolute atomic E-state index is 14.9. The van der Waals surface area contributed by atoms with Crippen molar-refractivity contribution in [2.45, 2.75) is 64.9 Å². The SMILES string of the molecule is CCC(F)Oc1ccc(F)c(C(=O)N[C@@H](Cc2cccc3c(-c4c(OC)cc(CN5CCCCC5)cc4OC)cccc23)C(=O)O)c1C. The van der Waals surface area contributed by atoms with E-state index in [0.29, 0.717) is 17.1 Å². The lowest BCUT2D eigenvalue weighted by Gasteiger charge is -2.27. The molecule has 0 spiro atoms. The Bertz CT molecular complexity index is 1760. The van der Waals surface area contributed by atoms with Gasteiger partial charge in [0, 0.05) is 24.9 Å². The molecule has 1 fully saturated rings. The predicted octanol–water partition coefficient (Wildman–Crippen LogP) is 7.47. The van der Waals surface area contributed by atoms with Crippen LogP contribution in [0, 0.1) is 12.7 Å². The van der Waals surface area contributed by atoms with Gasteiger partial charge in [-0.2, -0.15) is 0 Å². The highest BCUT2D eigenvalue weighted by molar-refractivity contribution is 6.02. The van der Waals surface area contributed by atoms with Gasteiger partial charge in [0.1, 0.15) is 29.1 Å². The number of carbonyl (C=O) groups is 2. The summed E-state index contributed by atoms with van der Waals surface area (Å²) in [6.07, 6.45) is 1.99. The number of amides is 1. The molecule has 0 radical (unpaired) electrons. The van der Waals surface area contributed by atoms with E-state index in [9.17, 15) is 23.5 Å². The van der Waals surface area contributed by atoms with Gasteiger partial charge in [0.2, 0.25) is 6.36 Å². The van der Waals surface area contributed by atoms with E-state index < -0.39 is 35.7 Å². The fourth-order valence-corrected chi connectivity index (χ4v) is 6.41. The molecule has 1 heterocycles. The molecular formula is C38H42F2N2O6. The predicted molar refractivity (Wildman–Crippen MR) is 181 cm³/mol. The number of piperidine rings is 1. The number of halogens is 2. The van der Waals surface area contributed by atoms with E-state index >= 15 is 0 Å². The lowest BCUT2D eigenvalue weighted by molar-refractivity contribution is -0.139. The molecule has 8 nitrogen and oxygen atoms in total. The number of alkyl halides is 1. The number of carboxylic acids is 1. The molecule has 4 aromatic rings. The van der Waals surface area contributed by atoms with Crippen molar-refractivity contribution in [3.05, 3.63) is 88.7 Å². The standard InChI is InChI=1S/C38H42F2N2O6/c1-5-34(40)48-31-16-15-29(39)35(23(31)2)37(43)41-30(38(44)45)21-25-11-9-13-27-26(25)12-10-14-28(27)36-32(46-3)19-24(20-33(36)47-4)22-42-17-7-6-8-18-42/h9-16,19-20,30,34H,5-8,17-18,21-22H2,1-4H3,(H,41,43)(H,44,45)/t30-,34?/m0/s1. The minimum Gasteiger partial charge on any atom is -0.496 e. The average Bonchev–Trinajstić information content (AvgIpc) is 3.09. The van der Waals surface area contributed by atoms with E-state index in [1.807, 2.05) is 42.5 Å². The van der Waals surface area contributed by atoms with Crippen LogP contribution in [0.4, 0.5) is 8.78 Å². The van der Waals surface area contributed by atoms with E-state index in [0.717, 1.165) is 53.2 Å². The largest absolute Gasteiger partial charge is 0.496 e. The Hall–Kier alpha value is -4.70. The summed E-state index contributed by atoms with van der Waals surface area (Å²) in [5.41, 5.74) is 3.06. The normalized spacial score (nSPS) is 14.7. The minimum absolute atomic E-state index is 0.00902. The Balaban J connectivity index is 1.47. The zero-order valence-electron chi connectivity index (χ0n) is 27.8. The summed E-state index contributed by atoms with van der Waals surface area (Å²) in [4.78, 5) is 28.2. The van der Waals surface area contributed by atoms with Crippen molar-refractivity contribution in [3.63, 3.8) is 0 Å². The number of nitrogens with zero attached hydrogens (tertiary/aromatic N) is 1. The fourth-order valence-electron chi connectivity index (χ4n) is 6.41. The molecule has 254 valence electrons. The van der Waals surface area contributed by atoms with Gasteiger partial charge in [0.15, 0.2) is 0 Å². The minimum atomic E-state index is -1.63. The van der Waals surface area contributed by atoms with Gasteiger partial charge in [-0.15, -0.1) is 0 Å². The summed E-state index contributed by atoms with van der Waals surface area (Å²) < 4.78 is 45.8. The van der Waals surface area contributed by atoms with Crippen LogP contribution in [-0.2, 0) is 17.8 Å². The highest BCUT2D eigenvalue weighted by Crippen LogP contribution is 2.43. The quantitative estimate of drug-likeness (QED) is 0.154. The number of carbonyl (C=O) groups excluding carboxylic acids is 1. The molecule has 48 heavy (non-hydrogen) atoms. The van der Waals surface area contributed by atoms with Crippen LogP contribution in [0.3, 0.4) is 0 Å². The number of rotatable bonds is 13. The third kappa shape index (κ3) is 7.54. The van der Waals surface area contributed by atoms with E-state index in [-0.39, 0.29) is 24.2 Å². The first-order valence-corrected chi connectivity index (χ1v) is 16.3. The molecule has 1 aliphatic heterocycles. The van der Waals surface area contributed by atoms with Crippen molar-refractivity contribution >= 4 is 22.6 Å². The van der Waals surface area contributed by atoms with Crippen molar-refractivity contribution in [1.29, 1.82) is 0 Å². The maximum atomic E-state index is 14.9. The third-order valence-electron chi connectivity index (χ3n) is 8.90. The second-order valence-electron chi connectivity index (χ2n) is 12.1. The molecule has 2 N–H and O–H groups in total. The summed E-state index contributed by atoms with van der Waals surface area (Å²) in [5.74, 6) is -1.75. The fraction of sp³-hybridized carbons (Fsp3) is 0.368. The molecule has 1 unspecified atom stereocenters. The summed E-state index contributed by atoms with van der Waals surface area (Å²) in [6.45, 7) is 5.93. The number of nitrogens with one attached hydrogen (secondary N) is 1. The van der Waals surface area contributed by atoms with Crippen LogP contribution in [-0.4, -0.2) is 61.6 Å². The third-order valence-corrected chi connectivity index (χ3v) is 8.90. The lowest BCUT2D eigenvalue weighted by atomic mass is 9.91. The molecule has 10 heteroatoms. The number of hydrogen-bond donors (Lipinski definition) is 2. The highest BCUT2D eigenvalue weighted by Gasteiger charge is 2.27. The van der Waals surface area contributed by atoms with Gasteiger partial charge in [-0.1, -0.05) is 49.7 Å². The van der Waals surface area contributed by atoms with Crippen LogP contribution < -0.4 is 19.5 Å². The molecule has 0 bridgehead atoms. The Morgan fingerprint density at radius 3 is 2.25 bits per heavy atom. The average molecular weight is 661 g/mol. The lowest BCUT2D eigenvalue weighted by Crippen LogP contribution is -2.43. The van der Waals surface area contributed by atoms with Gasteiger partial charge in [-0.3, -0.25) is 9.69 Å². The Labute approximate surface area is 279 Å². The van der Waals surface area contributed by atoms with Crippen molar-refractivity contribution in [1.82, 2.24) is 10.2 Å². The zero-order chi connectivity index (χ0) is 34.4.